The zero-order valence-electron chi connectivity index (χ0n) is 6.19. The minimum Gasteiger partial charge on any atom is -0.460 e. The van der Waals surface area contributed by atoms with Crippen molar-refractivity contribution in [2.24, 2.45) is 0 Å². The number of hydrogen-bond acceptors (Lipinski definition) is 2. The maximum absolute atomic E-state index is 10.7. The van der Waals surface area contributed by atoms with E-state index in [0.29, 0.717) is 0 Å². The van der Waals surface area contributed by atoms with Gasteiger partial charge in [0.2, 0.25) is 0 Å². The van der Waals surface area contributed by atoms with Gasteiger partial charge in [0.25, 0.3) is 0 Å². The van der Waals surface area contributed by atoms with Gasteiger partial charge >= 0.3 is 5.97 Å². The van der Waals surface area contributed by atoms with E-state index in [9.17, 15) is 4.79 Å². The third-order valence-electron chi connectivity index (χ3n) is 0.786. The molecule has 1 atom stereocenters. The fraction of sp³-hybridized carbons (Fsp3) is 0.571. The van der Waals surface area contributed by atoms with Crippen LogP contribution in [0.1, 0.15) is 13.8 Å². The van der Waals surface area contributed by atoms with Crippen LogP contribution in [0.2, 0.25) is 0 Å². The number of halogens is 1. The van der Waals surface area contributed by atoms with E-state index >= 15 is 0 Å². The van der Waals surface area contributed by atoms with Crippen molar-refractivity contribution in [2.75, 3.05) is 6.61 Å². The predicted octanol–water partition coefficient (Wildman–Crippen LogP) is 1.73. The van der Waals surface area contributed by atoms with Gasteiger partial charge in [0.05, 0.1) is 0 Å². The van der Waals surface area contributed by atoms with Gasteiger partial charge in [-0.05, 0) is 19.4 Å². The highest BCUT2D eigenvalue weighted by molar-refractivity contribution is 6.29. The summed E-state index contributed by atoms with van der Waals surface area (Å²) in [5, 5.41) is -0.570. The van der Waals surface area contributed by atoms with Gasteiger partial charge in [0, 0.05) is 0 Å². The molecule has 2 nitrogen and oxygen atoms in total. The predicted molar refractivity (Wildman–Crippen MR) is 41.1 cm³/mol. The molecular formula is C7H11ClO2. The van der Waals surface area contributed by atoms with E-state index in [1.54, 1.807) is 13.8 Å². The number of carbonyl (C=O) groups excluding carboxylic acids is 1. The largest absolute Gasteiger partial charge is 0.460 e. The molecule has 0 saturated heterocycles. The average molecular weight is 163 g/mol. The highest BCUT2D eigenvalue weighted by Gasteiger charge is 2.09. The lowest BCUT2D eigenvalue weighted by Crippen LogP contribution is -2.15. The van der Waals surface area contributed by atoms with E-state index < -0.39 is 11.3 Å². The van der Waals surface area contributed by atoms with Crippen molar-refractivity contribution in [1.29, 1.82) is 0 Å². The SMILES string of the molecule is C=C(C)COC(=O)C(C)Cl. The molecule has 0 radical (unpaired) electrons. The molecule has 0 amide bonds. The van der Waals surface area contributed by atoms with E-state index in [4.69, 9.17) is 16.3 Å². The summed E-state index contributed by atoms with van der Waals surface area (Å²) in [5.41, 5.74) is 0.811. The van der Waals surface area contributed by atoms with Gasteiger partial charge < -0.3 is 4.74 Å². The summed E-state index contributed by atoms with van der Waals surface area (Å²) in [6, 6.07) is 0. The Labute approximate surface area is 65.8 Å². The Bertz CT molecular complexity index is 141. The quantitative estimate of drug-likeness (QED) is 0.359. The summed E-state index contributed by atoms with van der Waals surface area (Å²) in [7, 11) is 0. The first kappa shape index (κ1) is 9.50. The van der Waals surface area contributed by atoms with E-state index in [1.807, 2.05) is 0 Å². The smallest absolute Gasteiger partial charge is 0.324 e. The lowest BCUT2D eigenvalue weighted by atomic mass is 10.4. The summed E-state index contributed by atoms with van der Waals surface area (Å²) >= 11 is 5.41. The van der Waals surface area contributed by atoms with Crippen molar-refractivity contribution in [3.63, 3.8) is 0 Å². The van der Waals surface area contributed by atoms with Crippen LogP contribution in [0.25, 0.3) is 0 Å². The number of ether oxygens (including phenoxy) is 1. The molecule has 0 aliphatic carbocycles. The highest BCUT2D eigenvalue weighted by atomic mass is 35.5. The second-order valence-corrected chi connectivity index (χ2v) is 2.84. The standard InChI is InChI=1S/C7H11ClO2/c1-5(2)4-10-7(9)6(3)8/h6H,1,4H2,2-3H3. The molecular weight excluding hydrogens is 152 g/mol. The molecule has 0 saturated carbocycles. The Morgan fingerprint density at radius 2 is 2.30 bits per heavy atom. The molecule has 0 heterocycles. The van der Waals surface area contributed by atoms with Gasteiger partial charge in [-0.2, -0.15) is 0 Å². The Hall–Kier alpha value is -0.500. The minimum atomic E-state index is -0.570. The van der Waals surface area contributed by atoms with Crippen molar-refractivity contribution >= 4 is 17.6 Å². The third kappa shape index (κ3) is 4.39. The molecule has 10 heavy (non-hydrogen) atoms. The summed E-state index contributed by atoms with van der Waals surface area (Å²) in [5.74, 6) is -0.398. The van der Waals surface area contributed by atoms with Gasteiger partial charge in [0.15, 0.2) is 0 Å². The molecule has 0 bridgehead atoms. The van der Waals surface area contributed by atoms with Crippen LogP contribution in [-0.4, -0.2) is 18.0 Å². The molecule has 0 aromatic heterocycles. The number of esters is 1. The molecule has 58 valence electrons. The van der Waals surface area contributed by atoms with Crippen LogP contribution in [0.4, 0.5) is 0 Å². The third-order valence-corrected chi connectivity index (χ3v) is 0.964. The molecule has 3 heteroatoms. The summed E-state index contributed by atoms with van der Waals surface area (Å²) < 4.78 is 4.69. The van der Waals surface area contributed by atoms with Crippen LogP contribution < -0.4 is 0 Å². The number of rotatable bonds is 3. The zero-order valence-corrected chi connectivity index (χ0v) is 6.94. The first-order chi connectivity index (χ1) is 4.54. The van der Waals surface area contributed by atoms with Gasteiger partial charge in [-0.15, -0.1) is 11.6 Å². The van der Waals surface area contributed by atoms with Gasteiger partial charge in [0.1, 0.15) is 12.0 Å². The summed E-state index contributed by atoms with van der Waals surface area (Å²) in [6.07, 6.45) is 0. The number of alkyl halides is 1. The topological polar surface area (TPSA) is 26.3 Å². The molecule has 0 rings (SSSR count). The molecule has 0 aromatic carbocycles. The van der Waals surface area contributed by atoms with Crippen LogP contribution in [0.3, 0.4) is 0 Å². The lowest BCUT2D eigenvalue weighted by molar-refractivity contribution is -0.141. The lowest BCUT2D eigenvalue weighted by Gasteiger charge is -2.04. The van der Waals surface area contributed by atoms with Gasteiger partial charge in [-0.1, -0.05) is 6.58 Å². The Morgan fingerprint density at radius 1 is 1.80 bits per heavy atom. The molecule has 0 N–H and O–H groups in total. The van der Waals surface area contributed by atoms with Crippen molar-refractivity contribution in [1.82, 2.24) is 0 Å². The fourth-order valence-corrected chi connectivity index (χ4v) is 0.372. The molecule has 0 aliphatic heterocycles. The van der Waals surface area contributed by atoms with Gasteiger partial charge in [-0.3, -0.25) is 4.79 Å². The maximum atomic E-state index is 10.7. The molecule has 1 unspecified atom stereocenters. The Morgan fingerprint density at radius 3 is 2.60 bits per heavy atom. The normalized spacial score (nSPS) is 12.3. The van der Waals surface area contributed by atoms with Crippen LogP contribution in [0.15, 0.2) is 12.2 Å². The molecule has 0 spiro atoms. The van der Waals surface area contributed by atoms with Gasteiger partial charge in [-0.25, -0.2) is 0 Å². The zero-order chi connectivity index (χ0) is 8.15. The van der Waals surface area contributed by atoms with E-state index in [-0.39, 0.29) is 6.61 Å². The summed E-state index contributed by atoms with van der Waals surface area (Å²) in [6.45, 7) is 7.18. The van der Waals surface area contributed by atoms with E-state index in [0.717, 1.165) is 5.57 Å². The Kier molecular flexibility index (Phi) is 4.12. The first-order valence-electron chi connectivity index (χ1n) is 2.99. The van der Waals surface area contributed by atoms with Crippen LogP contribution in [0, 0.1) is 0 Å². The van der Waals surface area contributed by atoms with Crippen LogP contribution in [0.5, 0.6) is 0 Å². The molecule has 0 fully saturated rings. The average Bonchev–Trinajstić information content (AvgIpc) is 1.82. The van der Waals surface area contributed by atoms with Crippen molar-refractivity contribution in [3.8, 4) is 0 Å². The fourth-order valence-electron chi connectivity index (χ4n) is 0.309. The Balaban J connectivity index is 3.50. The van der Waals surface area contributed by atoms with Crippen LogP contribution in [-0.2, 0) is 9.53 Å². The first-order valence-corrected chi connectivity index (χ1v) is 3.42. The minimum absolute atomic E-state index is 0.260. The van der Waals surface area contributed by atoms with E-state index in [1.165, 1.54) is 0 Å². The second kappa shape index (κ2) is 4.34. The van der Waals surface area contributed by atoms with E-state index in [2.05, 4.69) is 6.58 Å². The number of carbonyl (C=O) groups is 1. The number of hydrogen-bond donors (Lipinski definition) is 0. The van der Waals surface area contributed by atoms with Crippen molar-refractivity contribution < 1.29 is 9.53 Å². The second-order valence-electron chi connectivity index (χ2n) is 2.18. The summed E-state index contributed by atoms with van der Waals surface area (Å²) in [4.78, 5) is 10.7. The highest BCUT2D eigenvalue weighted by Crippen LogP contribution is 1.98. The molecule has 0 aliphatic rings. The molecule has 0 aromatic rings. The van der Waals surface area contributed by atoms with Crippen LogP contribution >= 0.6 is 11.6 Å². The monoisotopic (exact) mass is 162 g/mol. The van der Waals surface area contributed by atoms with Crippen molar-refractivity contribution in [3.05, 3.63) is 12.2 Å². The maximum Gasteiger partial charge on any atom is 0.324 e. The van der Waals surface area contributed by atoms with Crippen molar-refractivity contribution in [2.45, 2.75) is 19.2 Å².